The zero-order valence-corrected chi connectivity index (χ0v) is 22.3. The number of benzene rings is 2. The molecular weight excluding hydrogens is 555 g/mol. The molecule has 1 aromatic heterocycles. The van der Waals surface area contributed by atoms with E-state index in [4.69, 9.17) is 28.3 Å². The SMILES string of the molecule is O=C(NN1CCCCC1)c1nn(-c2ccc(Cl)cc2Cl)c2c1CSCC2=Cc1ccc(Br)cc1. The highest BCUT2D eigenvalue weighted by Gasteiger charge is 2.30. The molecule has 0 atom stereocenters. The predicted octanol–water partition coefficient (Wildman–Crippen LogP) is 6.86. The van der Waals surface area contributed by atoms with Gasteiger partial charge in [-0.25, -0.2) is 9.69 Å². The summed E-state index contributed by atoms with van der Waals surface area (Å²) in [5, 5.41) is 7.86. The van der Waals surface area contributed by atoms with Crippen LogP contribution < -0.4 is 5.43 Å². The van der Waals surface area contributed by atoms with E-state index in [1.165, 1.54) is 6.42 Å². The minimum atomic E-state index is -0.174. The molecule has 9 heteroatoms. The summed E-state index contributed by atoms with van der Waals surface area (Å²) >= 11 is 18.0. The van der Waals surface area contributed by atoms with Crippen LogP contribution in [0.25, 0.3) is 17.3 Å². The lowest BCUT2D eigenvalue weighted by Gasteiger charge is -2.26. The molecule has 5 nitrogen and oxygen atoms in total. The summed E-state index contributed by atoms with van der Waals surface area (Å²) in [4.78, 5) is 13.4. The van der Waals surface area contributed by atoms with E-state index in [0.29, 0.717) is 27.2 Å². The van der Waals surface area contributed by atoms with E-state index in [0.717, 1.165) is 58.6 Å². The van der Waals surface area contributed by atoms with Crippen LogP contribution in [0.5, 0.6) is 0 Å². The molecule has 3 aromatic rings. The van der Waals surface area contributed by atoms with E-state index in [9.17, 15) is 4.79 Å². The van der Waals surface area contributed by atoms with Crippen molar-refractivity contribution in [1.82, 2.24) is 20.2 Å². The number of piperidine rings is 1. The molecule has 0 spiro atoms. The van der Waals surface area contributed by atoms with Gasteiger partial charge in [-0.1, -0.05) is 57.7 Å². The lowest BCUT2D eigenvalue weighted by molar-refractivity contribution is 0.0743. The van der Waals surface area contributed by atoms with Gasteiger partial charge in [0.2, 0.25) is 0 Å². The van der Waals surface area contributed by atoms with E-state index in [1.54, 1.807) is 23.9 Å². The number of halogens is 3. The molecule has 1 N–H and O–H groups in total. The Balaban J connectivity index is 1.61. The molecule has 2 aliphatic rings. The molecule has 5 rings (SSSR count). The Bertz CT molecular complexity index is 1250. The second-order valence-corrected chi connectivity index (χ2v) is 11.1. The number of thioether (sulfide) groups is 1. The third-order valence-electron chi connectivity index (χ3n) is 5.97. The zero-order valence-electron chi connectivity index (χ0n) is 18.4. The lowest BCUT2D eigenvalue weighted by Crippen LogP contribution is -2.45. The number of carbonyl (C=O) groups excluding carboxylic acids is 1. The highest BCUT2D eigenvalue weighted by Crippen LogP contribution is 2.38. The van der Waals surface area contributed by atoms with Crippen LogP contribution in [0.3, 0.4) is 0 Å². The average Bonchev–Trinajstić information content (AvgIpc) is 3.22. The smallest absolute Gasteiger partial charge is 0.283 e. The molecule has 2 aromatic carbocycles. The number of aromatic nitrogens is 2. The van der Waals surface area contributed by atoms with Crippen molar-refractivity contribution in [3.8, 4) is 5.69 Å². The maximum atomic E-state index is 13.4. The summed E-state index contributed by atoms with van der Waals surface area (Å²) in [6, 6.07) is 13.5. The number of amides is 1. The molecule has 3 heterocycles. The number of hydrogen-bond acceptors (Lipinski definition) is 4. The number of hydrogen-bond donors (Lipinski definition) is 1. The van der Waals surface area contributed by atoms with Crippen LogP contribution in [0.15, 0.2) is 46.9 Å². The summed E-state index contributed by atoms with van der Waals surface area (Å²) in [5.74, 6) is 1.35. The van der Waals surface area contributed by atoms with Crippen molar-refractivity contribution in [2.24, 2.45) is 0 Å². The van der Waals surface area contributed by atoms with E-state index in [1.807, 2.05) is 27.9 Å². The van der Waals surface area contributed by atoms with Gasteiger partial charge in [0.05, 0.1) is 16.4 Å². The second kappa shape index (κ2) is 10.5. The fourth-order valence-corrected chi connectivity index (χ4v) is 6.10. The van der Waals surface area contributed by atoms with Gasteiger partial charge >= 0.3 is 0 Å². The van der Waals surface area contributed by atoms with Crippen LogP contribution in [0.4, 0.5) is 0 Å². The first-order valence-electron chi connectivity index (χ1n) is 11.2. The van der Waals surface area contributed by atoms with Crippen LogP contribution in [0, 0.1) is 0 Å². The Morgan fingerprint density at radius 2 is 1.82 bits per heavy atom. The molecule has 2 aliphatic heterocycles. The van der Waals surface area contributed by atoms with Crippen molar-refractivity contribution in [1.29, 1.82) is 0 Å². The van der Waals surface area contributed by atoms with Crippen molar-refractivity contribution in [2.75, 3.05) is 18.8 Å². The largest absolute Gasteiger partial charge is 0.286 e. The maximum Gasteiger partial charge on any atom is 0.286 e. The fraction of sp³-hybridized carbons (Fsp3) is 0.280. The molecule has 176 valence electrons. The van der Waals surface area contributed by atoms with Crippen LogP contribution in [-0.4, -0.2) is 39.5 Å². The van der Waals surface area contributed by atoms with Crippen LogP contribution in [0.2, 0.25) is 10.0 Å². The van der Waals surface area contributed by atoms with Crippen molar-refractivity contribution < 1.29 is 4.79 Å². The Morgan fingerprint density at radius 1 is 1.06 bits per heavy atom. The molecular formula is C25H23BrCl2N4OS. The van der Waals surface area contributed by atoms with Gasteiger partial charge in [0.15, 0.2) is 5.69 Å². The molecule has 1 amide bonds. The van der Waals surface area contributed by atoms with Gasteiger partial charge in [0.25, 0.3) is 5.91 Å². The highest BCUT2D eigenvalue weighted by atomic mass is 79.9. The van der Waals surface area contributed by atoms with Gasteiger partial charge in [-0.3, -0.25) is 10.2 Å². The van der Waals surface area contributed by atoms with Crippen molar-refractivity contribution in [2.45, 2.75) is 25.0 Å². The highest BCUT2D eigenvalue weighted by molar-refractivity contribution is 9.10. The number of carbonyl (C=O) groups is 1. The first kappa shape index (κ1) is 23.9. The molecule has 34 heavy (non-hydrogen) atoms. The molecule has 0 bridgehead atoms. The summed E-state index contributed by atoms with van der Waals surface area (Å²) in [6.45, 7) is 1.72. The van der Waals surface area contributed by atoms with Gasteiger partial charge in [-0.05, 0) is 60.4 Å². The van der Waals surface area contributed by atoms with Gasteiger partial charge in [0, 0.05) is 39.7 Å². The minimum absolute atomic E-state index is 0.174. The quantitative estimate of drug-likeness (QED) is 0.368. The van der Waals surface area contributed by atoms with Gasteiger partial charge in [-0.15, -0.1) is 0 Å². The molecule has 0 radical (unpaired) electrons. The summed E-state index contributed by atoms with van der Waals surface area (Å²) < 4.78 is 2.84. The van der Waals surface area contributed by atoms with Crippen LogP contribution >= 0.6 is 50.9 Å². The summed E-state index contributed by atoms with van der Waals surface area (Å²) in [7, 11) is 0. The first-order chi connectivity index (χ1) is 16.5. The summed E-state index contributed by atoms with van der Waals surface area (Å²) in [5.41, 5.74) is 8.26. The van der Waals surface area contributed by atoms with Gasteiger partial charge in [0.1, 0.15) is 0 Å². The number of rotatable bonds is 4. The molecule has 0 unspecified atom stereocenters. The Hall–Kier alpha value is -1.77. The van der Waals surface area contributed by atoms with Crippen LogP contribution in [0.1, 0.15) is 46.6 Å². The van der Waals surface area contributed by atoms with Gasteiger partial charge in [-0.2, -0.15) is 16.9 Å². The molecule has 0 aliphatic carbocycles. The van der Waals surface area contributed by atoms with E-state index in [-0.39, 0.29) is 5.91 Å². The van der Waals surface area contributed by atoms with E-state index in [2.05, 4.69) is 39.6 Å². The van der Waals surface area contributed by atoms with Crippen molar-refractivity contribution in [3.63, 3.8) is 0 Å². The van der Waals surface area contributed by atoms with Crippen molar-refractivity contribution in [3.05, 3.63) is 79.5 Å². The fourth-order valence-electron chi connectivity index (χ4n) is 4.33. The minimum Gasteiger partial charge on any atom is -0.283 e. The average molecular weight is 578 g/mol. The molecule has 1 fully saturated rings. The number of hydrazine groups is 1. The number of nitrogens with one attached hydrogen (secondary N) is 1. The molecule has 1 saturated heterocycles. The predicted molar refractivity (Wildman–Crippen MR) is 145 cm³/mol. The monoisotopic (exact) mass is 576 g/mol. The Kier molecular flexibility index (Phi) is 7.37. The van der Waals surface area contributed by atoms with Crippen LogP contribution in [-0.2, 0) is 5.75 Å². The third kappa shape index (κ3) is 5.09. The standard InChI is InChI=1S/C25H23BrCl2N4OS/c26-18-6-4-16(5-7-18)12-17-14-34-15-20-23(25(33)30-31-10-2-1-3-11-31)29-32(24(17)20)22-9-8-19(27)13-21(22)28/h4-9,12-13H,1-3,10-11,14-15H2,(H,30,33). The zero-order chi connectivity index (χ0) is 23.7. The maximum absolute atomic E-state index is 13.4. The van der Waals surface area contributed by atoms with E-state index >= 15 is 0 Å². The first-order valence-corrected chi connectivity index (χ1v) is 13.9. The Labute approximate surface area is 221 Å². The normalized spacial score (nSPS) is 17.6. The molecule has 0 saturated carbocycles. The number of fused-ring (bicyclic) bond motifs is 1. The topological polar surface area (TPSA) is 50.2 Å². The second-order valence-electron chi connectivity index (χ2n) is 8.39. The van der Waals surface area contributed by atoms with Crippen molar-refractivity contribution >= 4 is 68.5 Å². The van der Waals surface area contributed by atoms with E-state index < -0.39 is 0 Å². The number of nitrogens with zero attached hydrogens (tertiary/aromatic N) is 3. The Morgan fingerprint density at radius 3 is 2.56 bits per heavy atom. The van der Waals surface area contributed by atoms with Gasteiger partial charge < -0.3 is 0 Å². The third-order valence-corrected chi connectivity index (χ3v) is 8.05. The summed E-state index contributed by atoms with van der Waals surface area (Å²) in [6.07, 6.45) is 5.53. The lowest BCUT2D eigenvalue weighted by atomic mass is 10.0.